The van der Waals surface area contributed by atoms with Gasteiger partial charge in [0.25, 0.3) is 5.91 Å². The lowest BCUT2D eigenvalue weighted by Crippen LogP contribution is -2.39. The van der Waals surface area contributed by atoms with Crippen molar-refractivity contribution in [2.75, 3.05) is 36.9 Å². The maximum Gasteiger partial charge on any atom is 0.280 e. The van der Waals surface area contributed by atoms with Crippen molar-refractivity contribution >= 4 is 23.5 Å². The number of nitrogens with two attached hydrogens (primary N) is 2. The first-order valence-electron chi connectivity index (χ1n) is 7.77. The molecule has 3 rings (SSSR count). The molecule has 130 valence electrons. The number of benzene rings is 1. The molecule has 1 amide bonds. The number of rotatable bonds is 3. The molecule has 0 unspecified atom stereocenters. The Labute approximate surface area is 144 Å². The van der Waals surface area contributed by atoms with E-state index >= 15 is 0 Å². The number of ether oxygens (including phenoxy) is 1. The Kier molecular flexibility index (Phi) is 4.75. The summed E-state index contributed by atoms with van der Waals surface area (Å²) in [5, 5.41) is 9.38. The van der Waals surface area contributed by atoms with Gasteiger partial charge in [-0.25, -0.2) is 9.97 Å². The highest BCUT2D eigenvalue weighted by atomic mass is 16.5. The number of nitrogen functional groups attached to an aromatic ring is 1. The molecule has 0 saturated carbocycles. The molecule has 1 aromatic heterocycles. The molecule has 0 atom stereocenters. The number of carbonyl (C=O) groups excluding carboxylic acids is 1. The van der Waals surface area contributed by atoms with Gasteiger partial charge in [-0.05, 0) is 0 Å². The van der Waals surface area contributed by atoms with Gasteiger partial charge in [0.05, 0.1) is 13.2 Å². The smallest absolute Gasteiger partial charge is 0.280 e. The molecule has 25 heavy (non-hydrogen) atoms. The first kappa shape index (κ1) is 16.7. The summed E-state index contributed by atoms with van der Waals surface area (Å²) in [4.78, 5) is 23.1. The number of anilines is 2. The van der Waals surface area contributed by atoms with Crippen molar-refractivity contribution in [2.24, 2.45) is 5.73 Å². The average Bonchev–Trinajstić information content (AvgIpc) is 2.62. The second-order valence-corrected chi connectivity index (χ2v) is 5.46. The van der Waals surface area contributed by atoms with E-state index in [1.165, 1.54) is 0 Å². The van der Waals surface area contributed by atoms with Crippen molar-refractivity contribution in [1.29, 1.82) is 5.41 Å². The van der Waals surface area contributed by atoms with E-state index in [0.717, 1.165) is 5.56 Å². The van der Waals surface area contributed by atoms with E-state index in [4.69, 9.17) is 21.6 Å². The van der Waals surface area contributed by atoms with Gasteiger partial charge in [0.15, 0.2) is 23.3 Å². The van der Waals surface area contributed by atoms with Crippen molar-refractivity contribution in [2.45, 2.75) is 0 Å². The molecule has 0 aliphatic carbocycles. The number of morpholine rings is 1. The molecule has 6 N–H and O–H groups in total. The predicted octanol–water partition coefficient (Wildman–Crippen LogP) is 0.186. The first-order chi connectivity index (χ1) is 12.1. The van der Waals surface area contributed by atoms with Gasteiger partial charge in [-0.15, -0.1) is 0 Å². The monoisotopic (exact) mass is 341 g/mol. The number of carbonyl (C=O) groups is 1. The topological polar surface area (TPSA) is 143 Å². The van der Waals surface area contributed by atoms with Gasteiger partial charge in [0.1, 0.15) is 5.69 Å². The van der Waals surface area contributed by atoms with Gasteiger partial charge >= 0.3 is 0 Å². The van der Waals surface area contributed by atoms with Gasteiger partial charge in [0, 0.05) is 18.7 Å². The predicted molar refractivity (Wildman–Crippen MR) is 94.3 cm³/mol. The number of hydrogen-bond donors (Lipinski definition) is 4. The van der Waals surface area contributed by atoms with Crippen molar-refractivity contribution in [1.82, 2.24) is 15.3 Å². The van der Waals surface area contributed by atoms with Crippen LogP contribution < -0.4 is 21.7 Å². The van der Waals surface area contributed by atoms with Crippen LogP contribution in [-0.2, 0) is 4.74 Å². The van der Waals surface area contributed by atoms with Crippen LogP contribution >= 0.6 is 0 Å². The highest BCUT2D eigenvalue weighted by molar-refractivity contribution is 6.06. The van der Waals surface area contributed by atoms with Crippen molar-refractivity contribution in [3.05, 3.63) is 36.0 Å². The van der Waals surface area contributed by atoms with Crippen LogP contribution in [0, 0.1) is 5.41 Å². The first-order valence-corrected chi connectivity index (χ1v) is 7.77. The third-order valence-corrected chi connectivity index (χ3v) is 3.73. The van der Waals surface area contributed by atoms with Gasteiger partial charge < -0.3 is 21.1 Å². The molecule has 9 heteroatoms. The van der Waals surface area contributed by atoms with Crippen LogP contribution in [0.25, 0.3) is 11.3 Å². The summed E-state index contributed by atoms with van der Waals surface area (Å²) in [5.74, 6) is -0.556. The molecule has 9 nitrogen and oxygen atoms in total. The lowest BCUT2D eigenvalue weighted by Gasteiger charge is -2.29. The van der Waals surface area contributed by atoms with Crippen LogP contribution in [0.1, 0.15) is 10.5 Å². The summed E-state index contributed by atoms with van der Waals surface area (Å²) in [6, 6.07) is 9.43. The molecule has 2 heterocycles. The second kappa shape index (κ2) is 7.14. The summed E-state index contributed by atoms with van der Waals surface area (Å²) in [5.41, 5.74) is 12.5. The van der Waals surface area contributed by atoms with E-state index in [9.17, 15) is 4.79 Å². The maximum absolute atomic E-state index is 12.2. The maximum atomic E-state index is 12.2. The minimum atomic E-state index is -0.664. The van der Waals surface area contributed by atoms with Crippen LogP contribution in [0.5, 0.6) is 0 Å². The van der Waals surface area contributed by atoms with Crippen LogP contribution in [-0.4, -0.2) is 48.1 Å². The lowest BCUT2D eigenvalue weighted by atomic mass is 10.1. The van der Waals surface area contributed by atoms with Crippen molar-refractivity contribution in [3.8, 4) is 11.3 Å². The summed E-state index contributed by atoms with van der Waals surface area (Å²) in [6.07, 6.45) is 0. The van der Waals surface area contributed by atoms with E-state index < -0.39 is 11.9 Å². The summed E-state index contributed by atoms with van der Waals surface area (Å²) < 4.78 is 5.38. The Bertz CT molecular complexity index is 789. The number of aromatic nitrogens is 2. The average molecular weight is 341 g/mol. The Balaban J connectivity index is 2.09. The van der Waals surface area contributed by atoms with Gasteiger partial charge in [-0.1, -0.05) is 30.3 Å². The number of nitrogens with one attached hydrogen (secondary N) is 2. The Morgan fingerprint density at radius 1 is 1.20 bits per heavy atom. The summed E-state index contributed by atoms with van der Waals surface area (Å²) >= 11 is 0. The molecule has 1 fully saturated rings. The molecule has 1 aliphatic rings. The highest BCUT2D eigenvalue weighted by Gasteiger charge is 2.23. The van der Waals surface area contributed by atoms with Crippen LogP contribution in [0.3, 0.4) is 0 Å². The zero-order chi connectivity index (χ0) is 17.8. The Morgan fingerprint density at radius 3 is 2.52 bits per heavy atom. The Hall–Kier alpha value is -3.20. The number of hydrogen-bond acceptors (Lipinski definition) is 7. The van der Waals surface area contributed by atoms with E-state index in [1.807, 2.05) is 35.2 Å². The zero-order valence-corrected chi connectivity index (χ0v) is 13.5. The molecule has 0 spiro atoms. The molecular weight excluding hydrogens is 322 g/mol. The van der Waals surface area contributed by atoms with Crippen LogP contribution in [0.15, 0.2) is 30.3 Å². The largest absolute Gasteiger partial charge is 0.382 e. The minimum absolute atomic E-state index is 0.0140. The standard InChI is InChI=1S/C16H19N7O2/c17-13-12(15(24)22-16(18)19)20-11(10-4-2-1-3-5-10)14(21-13)23-6-8-25-9-7-23/h1-5H,6-9H2,(H2,17,21)(H4,18,19,22,24). The highest BCUT2D eigenvalue weighted by Crippen LogP contribution is 2.29. The second-order valence-electron chi connectivity index (χ2n) is 5.46. The molecule has 2 aromatic rings. The van der Waals surface area contributed by atoms with Crippen LogP contribution in [0.4, 0.5) is 11.6 Å². The normalized spacial score (nSPS) is 14.2. The lowest BCUT2D eigenvalue weighted by molar-refractivity contribution is 0.0972. The minimum Gasteiger partial charge on any atom is -0.382 e. The summed E-state index contributed by atoms with van der Waals surface area (Å²) in [7, 11) is 0. The summed E-state index contributed by atoms with van der Waals surface area (Å²) in [6.45, 7) is 2.49. The molecule has 0 radical (unpaired) electrons. The van der Waals surface area contributed by atoms with Gasteiger partial charge in [-0.2, -0.15) is 0 Å². The fraction of sp³-hybridized carbons (Fsp3) is 0.250. The van der Waals surface area contributed by atoms with Crippen LogP contribution in [0.2, 0.25) is 0 Å². The van der Waals surface area contributed by atoms with E-state index in [-0.39, 0.29) is 11.5 Å². The van der Waals surface area contributed by atoms with E-state index in [0.29, 0.717) is 37.8 Å². The molecule has 1 aromatic carbocycles. The molecule has 1 aliphatic heterocycles. The van der Waals surface area contributed by atoms with E-state index in [2.05, 4.69) is 15.3 Å². The van der Waals surface area contributed by atoms with Crippen molar-refractivity contribution in [3.63, 3.8) is 0 Å². The molecule has 1 saturated heterocycles. The SMILES string of the molecule is N=C(N)NC(=O)c1nc(-c2ccccc2)c(N2CCOCC2)nc1N. The quantitative estimate of drug-likeness (QED) is 0.461. The number of guanidine groups is 1. The van der Waals surface area contributed by atoms with Crippen molar-refractivity contribution < 1.29 is 9.53 Å². The van der Waals surface area contributed by atoms with E-state index in [1.54, 1.807) is 0 Å². The third-order valence-electron chi connectivity index (χ3n) is 3.73. The molecule has 0 bridgehead atoms. The fourth-order valence-corrected chi connectivity index (χ4v) is 2.57. The zero-order valence-electron chi connectivity index (χ0n) is 13.5. The van der Waals surface area contributed by atoms with Gasteiger partial charge in [0.2, 0.25) is 0 Å². The number of nitrogens with zero attached hydrogens (tertiary/aromatic N) is 3. The van der Waals surface area contributed by atoms with Gasteiger partial charge in [-0.3, -0.25) is 15.5 Å². The fourth-order valence-electron chi connectivity index (χ4n) is 2.57. The Morgan fingerprint density at radius 2 is 1.88 bits per heavy atom. The number of amides is 1. The molecular formula is C16H19N7O2. The third kappa shape index (κ3) is 3.66.